The van der Waals surface area contributed by atoms with Gasteiger partial charge in [-0.25, -0.2) is 0 Å². The molecule has 1 unspecified atom stereocenters. The van der Waals surface area contributed by atoms with Gasteiger partial charge >= 0.3 is 0 Å². The summed E-state index contributed by atoms with van der Waals surface area (Å²) in [5, 5.41) is 3.03. The average molecular weight is 257 g/mol. The summed E-state index contributed by atoms with van der Waals surface area (Å²) >= 11 is 3.43. The summed E-state index contributed by atoms with van der Waals surface area (Å²) in [6.45, 7) is 2.38. The normalized spacial score (nSPS) is 12.4. The van der Waals surface area contributed by atoms with E-state index in [1.165, 1.54) is 0 Å². The van der Waals surface area contributed by atoms with Crippen molar-refractivity contribution in [3.63, 3.8) is 0 Å². The van der Waals surface area contributed by atoms with Crippen molar-refractivity contribution in [3.8, 4) is 0 Å². The van der Waals surface area contributed by atoms with E-state index in [1.54, 1.807) is 6.92 Å². The number of rotatable bonds is 4. The van der Waals surface area contributed by atoms with Crippen LogP contribution in [-0.2, 0) is 11.3 Å². The summed E-state index contributed by atoms with van der Waals surface area (Å²) in [4.78, 5) is 10.8. The highest BCUT2D eigenvalue weighted by Gasteiger charge is 2.07. The lowest BCUT2D eigenvalue weighted by Gasteiger charge is -2.10. The number of hydrogen-bond acceptors (Lipinski definition) is 2. The van der Waals surface area contributed by atoms with Gasteiger partial charge in [-0.05, 0) is 18.6 Å². The molecule has 0 saturated carbocycles. The smallest absolute Gasteiger partial charge is 0.234 e. The van der Waals surface area contributed by atoms with E-state index in [-0.39, 0.29) is 11.9 Å². The first-order valence-corrected chi connectivity index (χ1v) is 5.16. The van der Waals surface area contributed by atoms with E-state index < -0.39 is 0 Å². The molecule has 4 heteroatoms. The maximum absolute atomic E-state index is 10.8. The highest BCUT2D eigenvalue weighted by atomic mass is 79.9. The molecule has 1 aromatic rings. The van der Waals surface area contributed by atoms with Gasteiger partial charge in [0.2, 0.25) is 5.91 Å². The number of amides is 1. The fourth-order valence-corrected chi connectivity index (χ4v) is 1.43. The second-order valence-electron chi connectivity index (χ2n) is 3.10. The minimum atomic E-state index is -0.336. The number of carbonyl (C=O) groups excluding carboxylic acids is 1. The van der Waals surface area contributed by atoms with Gasteiger partial charge in [-0.15, -0.1) is 0 Å². The molecule has 0 heterocycles. The van der Waals surface area contributed by atoms with Crippen molar-refractivity contribution in [3.05, 3.63) is 34.3 Å². The highest BCUT2D eigenvalue weighted by molar-refractivity contribution is 9.10. The molecule has 1 aromatic carbocycles. The average Bonchev–Trinajstić information content (AvgIpc) is 2.16. The molecule has 0 fully saturated rings. The first-order valence-electron chi connectivity index (χ1n) is 4.37. The van der Waals surface area contributed by atoms with Crippen LogP contribution in [0.5, 0.6) is 0 Å². The molecule has 3 N–H and O–H groups in total. The Kier molecular flexibility index (Phi) is 4.10. The molecule has 76 valence electrons. The van der Waals surface area contributed by atoms with Crippen molar-refractivity contribution in [2.24, 2.45) is 5.73 Å². The third-order valence-electron chi connectivity index (χ3n) is 1.98. The monoisotopic (exact) mass is 256 g/mol. The number of hydrogen-bond donors (Lipinski definition) is 2. The SMILES string of the molecule is CC(NCc1ccccc1Br)C(N)=O. The Labute approximate surface area is 91.8 Å². The Balaban J connectivity index is 2.54. The zero-order valence-corrected chi connectivity index (χ0v) is 9.54. The fraction of sp³-hybridized carbons (Fsp3) is 0.300. The van der Waals surface area contributed by atoms with Crippen molar-refractivity contribution >= 4 is 21.8 Å². The van der Waals surface area contributed by atoms with E-state index in [0.717, 1.165) is 10.0 Å². The molecule has 3 nitrogen and oxygen atoms in total. The predicted molar refractivity (Wildman–Crippen MR) is 59.6 cm³/mol. The lowest BCUT2D eigenvalue weighted by Crippen LogP contribution is -2.38. The number of benzene rings is 1. The Hall–Kier alpha value is -0.870. The molecule has 1 amide bonds. The van der Waals surface area contributed by atoms with Gasteiger partial charge in [0.15, 0.2) is 0 Å². The number of nitrogens with one attached hydrogen (secondary N) is 1. The van der Waals surface area contributed by atoms with E-state index in [2.05, 4.69) is 21.2 Å². The van der Waals surface area contributed by atoms with Crippen LogP contribution in [0.25, 0.3) is 0 Å². The molecule has 1 rings (SSSR count). The van der Waals surface area contributed by atoms with Gasteiger partial charge in [-0.3, -0.25) is 4.79 Å². The van der Waals surface area contributed by atoms with Crippen LogP contribution in [0.2, 0.25) is 0 Å². The molecule has 0 aliphatic heterocycles. The molecule has 0 bridgehead atoms. The molecule has 0 radical (unpaired) electrons. The quantitative estimate of drug-likeness (QED) is 0.856. The van der Waals surface area contributed by atoms with Gasteiger partial charge in [0.25, 0.3) is 0 Å². The number of carbonyl (C=O) groups is 1. The molecular weight excluding hydrogens is 244 g/mol. The first kappa shape index (κ1) is 11.2. The van der Waals surface area contributed by atoms with Crippen molar-refractivity contribution in [1.29, 1.82) is 0 Å². The Morgan fingerprint density at radius 3 is 2.79 bits per heavy atom. The highest BCUT2D eigenvalue weighted by Crippen LogP contribution is 2.15. The topological polar surface area (TPSA) is 55.1 Å². The zero-order valence-electron chi connectivity index (χ0n) is 7.96. The number of nitrogens with two attached hydrogens (primary N) is 1. The van der Waals surface area contributed by atoms with Crippen LogP contribution in [0.1, 0.15) is 12.5 Å². The van der Waals surface area contributed by atoms with Crippen LogP contribution in [-0.4, -0.2) is 11.9 Å². The minimum absolute atomic E-state index is 0.304. The molecule has 14 heavy (non-hydrogen) atoms. The maximum Gasteiger partial charge on any atom is 0.234 e. The van der Waals surface area contributed by atoms with E-state index >= 15 is 0 Å². The second kappa shape index (κ2) is 5.12. The van der Waals surface area contributed by atoms with Crippen LogP contribution in [0.3, 0.4) is 0 Å². The van der Waals surface area contributed by atoms with E-state index in [1.807, 2.05) is 24.3 Å². The summed E-state index contributed by atoms with van der Waals surface area (Å²) in [6.07, 6.45) is 0. The standard InChI is InChI=1S/C10H13BrN2O/c1-7(10(12)14)13-6-8-4-2-3-5-9(8)11/h2-5,7,13H,6H2,1H3,(H2,12,14). The first-order chi connectivity index (χ1) is 6.61. The van der Waals surface area contributed by atoms with Crippen LogP contribution in [0.15, 0.2) is 28.7 Å². The summed E-state index contributed by atoms with van der Waals surface area (Å²) < 4.78 is 1.03. The summed E-state index contributed by atoms with van der Waals surface area (Å²) in [6, 6.07) is 7.56. The van der Waals surface area contributed by atoms with E-state index in [9.17, 15) is 4.79 Å². The molecule has 1 atom stereocenters. The summed E-state index contributed by atoms with van der Waals surface area (Å²) in [5.41, 5.74) is 6.24. The lowest BCUT2D eigenvalue weighted by atomic mass is 10.2. The number of halogens is 1. The Morgan fingerprint density at radius 2 is 2.21 bits per heavy atom. The molecule has 0 saturated heterocycles. The molecular formula is C10H13BrN2O. The lowest BCUT2D eigenvalue weighted by molar-refractivity contribution is -0.119. The third-order valence-corrected chi connectivity index (χ3v) is 2.76. The third kappa shape index (κ3) is 3.12. The minimum Gasteiger partial charge on any atom is -0.368 e. The maximum atomic E-state index is 10.8. The Bertz CT molecular complexity index is 328. The molecule has 0 aliphatic rings. The van der Waals surface area contributed by atoms with E-state index in [4.69, 9.17) is 5.73 Å². The summed E-state index contributed by atoms with van der Waals surface area (Å²) in [5.74, 6) is -0.336. The van der Waals surface area contributed by atoms with Crippen LogP contribution < -0.4 is 11.1 Å². The molecule has 0 aliphatic carbocycles. The fourth-order valence-electron chi connectivity index (χ4n) is 1.01. The van der Waals surface area contributed by atoms with Crippen LogP contribution in [0.4, 0.5) is 0 Å². The van der Waals surface area contributed by atoms with Gasteiger partial charge in [0, 0.05) is 11.0 Å². The van der Waals surface area contributed by atoms with Gasteiger partial charge in [0.05, 0.1) is 6.04 Å². The summed E-state index contributed by atoms with van der Waals surface area (Å²) in [7, 11) is 0. The van der Waals surface area contributed by atoms with Crippen molar-refractivity contribution in [2.45, 2.75) is 19.5 Å². The van der Waals surface area contributed by atoms with Gasteiger partial charge in [-0.2, -0.15) is 0 Å². The van der Waals surface area contributed by atoms with Crippen LogP contribution >= 0.6 is 15.9 Å². The molecule has 0 aromatic heterocycles. The Morgan fingerprint density at radius 1 is 1.57 bits per heavy atom. The van der Waals surface area contributed by atoms with E-state index in [0.29, 0.717) is 6.54 Å². The van der Waals surface area contributed by atoms with Crippen molar-refractivity contribution in [2.75, 3.05) is 0 Å². The zero-order chi connectivity index (χ0) is 10.6. The van der Waals surface area contributed by atoms with Gasteiger partial charge in [0.1, 0.15) is 0 Å². The van der Waals surface area contributed by atoms with Crippen molar-refractivity contribution in [1.82, 2.24) is 5.32 Å². The van der Waals surface area contributed by atoms with Gasteiger partial charge < -0.3 is 11.1 Å². The largest absolute Gasteiger partial charge is 0.368 e. The predicted octanol–water partition coefficient (Wildman–Crippen LogP) is 1.41. The molecule has 0 spiro atoms. The number of primary amides is 1. The van der Waals surface area contributed by atoms with Crippen LogP contribution in [0, 0.1) is 0 Å². The van der Waals surface area contributed by atoms with Crippen molar-refractivity contribution < 1.29 is 4.79 Å². The van der Waals surface area contributed by atoms with Gasteiger partial charge in [-0.1, -0.05) is 34.1 Å². The second-order valence-corrected chi connectivity index (χ2v) is 3.95.